The number of nitrogens with two attached hydrogens (primary N) is 1. The van der Waals surface area contributed by atoms with Crippen LogP contribution in [0.3, 0.4) is 0 Å². The first-order valence-corrected chi connectivity index (χ1v) is 7.86. The topological polar surface area (TPSA) is 29.3 Å². The number of rotatable bonds is 9. The molecule has 2 nitrogen and oxygen atoms in total. The van der Waals surface area contributed by atoms with Crippen LogP contribution in [0.1, 0.15) is 84.0 Å². The molecule has 0 aromatic rings. The number of unbranched alkanes of at least 4 members (excludes halogenated alkanes) is 6. The first kappa shape index (κ1) is 15.0. The van der Waals surface area contributed by atoms with Crippen LogP contribution in [0, 0.1) is 0 Å². The molecule has 0 radical (unpaired) electrons. The Morgan fingerprint density at radius 1 is 0.882 bits per heavy atom. The van der Waals surface area contributed by atoms with Gasteiger partial charge in [-0.25, -0.2) is 5.01 Å². The van der Waals surface area contributed by atoms with E-state index < -0.39 is 0 Å². The third-order valence-electron chi connectivity index (χ3n) is 4.06. The SMILES string of the molecule is CCCCCCCCCN(N)C1CCCCC1. The molecule has 0 heterocycles. The van der Waals surface area contributed by atoms with Crippen LogP contribution in [-0.4, -0.2) is 17.6 Å². The summed E-state index contributed by atoms with van der Waals surface area (Å²) in [5.74, 6) is 6.14. The molecule has 0 aromatic carbocycles. The van der Waals surface area contributed by atoms with E-state index in [9.17, 15) is 0 Å². The summed E-state index contributed by atoms with van der Waals surface area (Å²) < 4.78 is 0. The Morgan fingerprint density at radius 2 is 1.47 bits per heavy atom. The highest BCUT2D eigenvalue weighted by molar-refractivity contribution is 4.72. The van der Waals surface area contributed by atoms with Crippen molar-refractivity contribution in [2.75, 3.05) is 6.54 Å². The number of hydrazine groups is 1. The van der Waals surface area contributed by atoms with Gasteiger partial charge >= 0.3 is 0 Å². The summed E-state index contributed by atoms with van der Waals surface area (Å²) in [7, 11) is 0. The summed E-state index contributed by atoms with van der Waals surface area (Å²) in [4.78, 5) is 0. The molecule has 2 N–H and O–H groups in total. The zero-order valence-corrected chi connectivity index (χ0v) is 11.8. The maximum absolute atomic E-state index is 6.14. The fraction of sp³-hybridized carbons (Fsp3) is 1.00. The third-order valence-corrected chi connectivity index (χ3v) is 4.06. The van der Waals surface area contributed by atoms with Gasteiger partial charge in [0.1, 0.15) is 0 Å². The highest BCUT2D eigenvalue weighted by atomic mass is 15.4. The highest BCUT2D eigenvalue weighted by Crippen LogP contribution is 2.21. The Bertz CT molecular complexity index is 164. The molecular weight excluding hydrogens is 208 g/mol. The van der Waals surface area contributed by atoms with Crippen molar-refractivity contribution in [3.05, 3.63) is 0 Å². The van der Waals surface area contributed by atoms with Crippen LogP contribution < -0.4 is 5.84 Å². The Hall–Kier alpha value is -0.0800. The lowest BCUT2D eigenvalue weighted by Gasteiger charge is -2.30. The second kappa shape index (κ2) is 9.90. The molecule has 1 rings (SSSR count). The molecule has 1 fully saturated rings. The van der Waals surface area contributed by atoms with Gasteiger partial charge in [0, 0.05) is 12.6 Å². The molecule has 0 bridgehead atoms. The summed E-state index contributed by atoms with van der Waals surface area (Å²) in [6, 6.07) is 0.684. The number of nitrogens with zero attached hydrogens (tertiary/aromatic N) is 1. The van der Waals surface area contributed by atoms with E-state index in [1.54, 1.807) is 0 Å². The summed E-state index contributed by atoms with van der Waals surface area (Å²) in [6.07, 6.45) is 16.5. The average Bonchev–Trinajstić information content (AvgIpc) is 2.38. The van der Waals surface area contributed by atoms with Crippen molar-refractivity contribution >= 4 is 0 Å². The van der Waals surface area contributed by atoms with Crippen molar-refractivity contribution in [1.29, 1.82) is 0 Å². The molecule has 1 aliphatic carbocycles. The Labute approximate surface area is 108 Å². The van der Waals surface area contributed by atoms with Crippen molar-refractivity contribution in [3.63, 3.8) is 0 Å². The van der Waals surface area contributed by atoms with E-state index in [0.29, 0.717) is 6.04 Å². The van der Waals surface area contributed by atoms with Crippen LogP contribution in [0.15, 0.2) is 0 Å². The first-order valence-electron chi connectivity index (χ1n) is 7.86. The smallest absolute Gasteiger partial charge is 0.0241 e. The molecule has 1 saturated carbocycles. The van der Waals surface area contributed by atoms with Crippen molar-refractivity contribution in [2.24, 2.45) is 5.84 Å². The molecular formula is C15H32N2. The predicted molar refractivity (Wildman–Crippen MR) is 75.8 cm³/mol. The van der Waals surface area contributed by atoms with Crippen molar-refractivity contribution in [2.45, 2.75) is 90.0 Å². The number of hydrogen-bond donors (Lipinski definition) is 1. The van der Waals surface area contributed by atoms with E-state index in [-0.39, 0.29) is 0 Å². The lowest BCUT2D eigenvalue weighted by atomic mass is 9.95. The zero-order valence-electron chi connectivity index (χ0n) is 11.8. The van der Waals surface area contributed by atoms with E-state index >= 15 is 0 Å². The summed E-state index contributed by atoms with van der Waals surface area (Å²) in [6.45, 7) is 3.38. The fourth-order valence-electron chi connectivity index (χ4n) is 2.85. The molecule has 0 atom stereocenters. The second-order valence-electron chi connectivity index (χ2n) is 5.65. The molecule has 102 valence electrons. The Balaban J connectivity index is 1.90. The largest absolute Gasteiger partial charge is 0.269 e. The molecule has 17 heavy (non-hydrogen) atoms. The van der Waals surface area contributed by atoms with E-state index in [0.717, 1.165) is 6.54 Å². The maximum Gasteiger partial charge on any atom is 0.0241 e. The van der Waals surface area contributed by atoms with Gasteiger partial charge in [0.2, 0.25) is 0 Å². The molecule has 0 spiro atoms. The molecule has 1 aliphatic rings. The standard InChI is InChI=1S/C15H32N2/c1-2-3-4-5-6-7-11-14-17(16)15-12-9-8-10-13-15/h15H,2-14,16H2,1H3. The predicted octanol–water partition coefficient (Wildman–Crippen LogP) is 4.25. The van der Waals surface area contributed by atoms with Gasteiger partial charge in [-0.15, -0.1) is 0 Å². The van der Waals surface area contributed by atoms with Gasteiger partial charge in [-0.3, -0.25) is 5.84 Å². The van der Waals surface area contributed by atoms with Crippen LogP contribution in [0.4, 0.5) is 0 Å². The summed E-state index contributed by atoms with van der Waals surface area (Å²) in [5.41, 5.74) is 0. The van der Waals surface area contributed by atoms with Crippen LogP contribution >= 0.6 is 0 Å². The van der Waals surface area contributed by atoms with Crippen molar-refractivity contribution in [1.82, 2.24) is 5.01 Å². The van der Waals surface area contributed by atoms with Gasteiger partial charge in [0.25, 0.3) is 0 Å². The lowest BCUT2D eigenvalue weighted by molar-refractivity contribution is 0.155. The van der Waals surface area contributed by atoms with Crippen LogP contribution in [0.5, 0.6) is 0 Å². The minimum Gasteiger partial charge on any atom is -0.269 e. The Morgan fingerprint density at radius 3 is 2.12 bits per heavy atom. The van der Waals surface area contributed by atoms with Crippen molar-refractivity contribution in [3.8, 4) is 0 Å². The molecule has 0 saturated heterocycles. The first-order chi connectivity index (χ1) is 8.34. The monoisotopic (exact) mass is 240 g/mol. The van der Waals surface area contributed by atoms with Crippen LogP contribution in [0.25, 0.3) is 0 Å². The van der Waals surface area contributed by atoms with Crippen molar-refractivity contribution < 1.29 is 0 Å². The minimum absolute atomic E-state index is 0.684. The summed E-state index contributed by atoms with van der Waals surface area (Å²) >= 11 is 0. The lowest BCUT2D eigenvalue weighted by Crippen LogP contribution is -2.42. The quantitative estimate of drug-likeness (QED) is 0.371. The van der Waals surface area contributed by atoms with E-state index in [4.69, 9.17) is 5.84 Å². The molecule has 0 amide bonds. The molecule has 0 aliphatic heterocycles. The highest BCUT2D eigenvalue weighted by Gasteiger charge is 2.17. The van der Waals surface area contributed by atoms with Gasteiger partial charge in [0.15, 0.2) is 0 Å². The van der Waals surface area contributed by atoms with Crippen LogP contribution in [0.2, 0.25) is 0 Å². The Kier molecular flexibility index (Phi) is 8.72. The third kappa shape index (κ3) is 7.05. The molecule has 2 heteroatoms. The van der Waals surface area contributed by atoms with Gasteiger partial charge < -0.3 is 0 Å². The maximum atomic E-state index is 6.14. The second-order valence-corrected chi connectivity index (χ2v) is 5.65. The molecule has 0 aromatic heterocycles. The number of hydrogen-bond acceptors (Lipinski definition) is 2. The van der Waals surface area contributed by atoms with Gasteiger partial charge in [-0.2, -0.15) is 0 Å². The summed E-state index contributed by atoms with van der Waals surface area (Å²) in [5, 5.41) is 2.13. The van der Waals surface area contributed by atoms with E-state index in [1.807, 2.05) is 0 Å². The van der Waals surface area contributed by atoms with Gasteiger partial charge in [-0.1, -0.05) is 64.7 Å². The zero-order chi connectivity index (χ0) is 12.3. The minimum atomic E-state index is 0.684. The normalized spacial score (nSPS) is 17.8. The fourth-order valence-corrected chi connectivity index (χ4v) is 2.85. The van der Waals surface area contributed by atoms with Gasteiger partial charge in [-0.05, 0) is 19.3 Å². The van der Waals surface area contributed by atoms with E-state index in [2.05, 4.69) is 11.9 Å². The van der Waals surface area contributed by atoms with E-state index in [1.165, 1.54) is 77.0 Å². The average molecular weight is 240 g/mol. The van der Waals surface area contributed by atoms with Crippen LogP contribution in [-0.2, 0) is 0 Å². The molecule has 0 unspecified atom stereocenters. The van der Waals surface area contributed by atoms with Gasteiger partial charge in [0.05, 0.1) is 0 Å².